The second kappa shape index (κ2) is 9.94. The van der Waals surface area contributed by atoms with Gasteiger partial charge >= 0.3 is 5.97 Å². The molecule has 0 saturated carbocycles. The van der Waals surface area contributed by atoms with Gasteiger partial charge < -0.3 is 19.3 Å². The number of allylic oxidation sites excluding steroid dienone is 1. The molecule has 0 N–H and O–H groups in total. The number of rotatable bonds is 6. The number of amidine groups is 1. The molecule has 0 radical (unpaired) electrons. The zero-order valence-electron chi connectivity index (χ0n) is 17.8. The number of nitrogens with zero attached hydrogens (tertiary/aromatic N) is 3. The van der Waals surface area contributed by atoms with Crippen LogP contribution >= 0.6 is 23.4 Å². The van der Waals surface area contributed by atoms with Gasteiger partial charge in [0.05, 0.1) is 36.9 Å². The summed E-state index contributed by atoms with van der Waals surface area (Å²) in [5.74, 6) is -0.466. The highest BCUT2D eigenvalue weighted by atomic mass is 35.5. The molecule has 3 aliphatic rings. The summed E-state index contributed by atoms with van der Waals surface area (Å²) >= 11 is 8.01. The number of aliphatic imine (C=N–C) groups is 1. The number of benzene rings is 1. The van der Waals surface area contributed by atoms with Crippen LogP contribution in [0.2, 0.25) is 5.02 Å². The number of hydrogen-bond donors (Lipinski definition) is 0. The van der Waals surface area contributed by atoms with E-state index in [1.807, 2.05) is 28.5 Å². The maximum absolute atomic E-state index is 13.0. The number of fused-ring (bicyclic) bond motifs is 1. The third-order valence-electron chi connectivity index (χ3n) is 5.45. The molecule has 4 rings (SSSR count). The van der Waals surface area contributed by atoms with Crippen LogP contribution in [0.4, 0.5) is 0 Å². The molecule has 1 atom stereocenters. The minimum atomic E-state index is -0.549. The summed E-state index contributed by atoms with van der Waals surface area (Å²) in [5.41, 5.74) is 2.49. The molecule has 168 valence electrons. The fraction of sp³-hybridized carbons (Fsp3) is 0.348. The number of carbonyl (C=O) groups excluding carboxylic acids is 2. The van der Waals surface area contributed by atoms with E-state index in [1.54, 1.807) is 17.9 Å². The fourth-order valence-corrected chi connectivity index (χ4v) is 5.12. The van der Waals surface area contributed by atoms with E-state index in [1.165, 1.54) is 17.8 Å². The molecule has 7 nitrogen and oxygen atoms in total. The molecule has 1 aromatic carbocycles. The van der Waals surface area contributed by atoms with Crippen molar-refractivity contribution in [3.8, 4) is 0 Å². The first kappa shape index (κ1) is 22.6. The van der Waals surface area contributed by atoms with Crippen LogP contribution in [0.25, 0.3) is 0 Å². The lowest BCUT2D eigenvalue weighted by Gasteiger charge is -2.37. The van der Waals surface area contributed by atoms with Crippen molar-refractivity contribution < 1.29 is 19.1 Å². The number of amides is 1. The second-order valence-electron chi connectivity index (χ2n) is 7.47. The van der Waals surface area contributed by atoms with Crippen molar-refractivity contribution in [3.05, 3.63) is 69.9 Å². The van der Waals surface area contributed by atoms with Crippen LogP contribution in [0.1, 0.15) is 24.9 Å². The first-order valence-electron chi connectivity index (χ1n) is 10.3. The zero-order chi connectivity index (χ0) is 22.7. The first-order valence-corrected chi connectivity index (χ1v) is 11.6. The standard InChI is InChI=1S/C23H24ClN3O4S/c1-3-10-31-22(29)20-15(2)25-23-27(21(20)17-6-4-5-7-18(17)24)16(14-32-23)13-19(28)26-8-11-30-12-9-26/h3-7,14,21H,1,8-13H2,2H3. The van der Waals surface area contributed by atoms with E-state index in [0.717, 1.165) is 11.3 Å². The van der Waals surface area contributed by atoms with Crippen LogP contribution in [-0.4, -0.2) is 59.8 Å². The molecule has 1 saturated heterocycles. The van der Waals surface area contributed by atoms with E-state index in [9.17, 15) is 9.59 Å². The van der Waals surface area contributed by atoms with Crippen LogP contribution in [0.3, 0.4) is 0 Å². The van der Waals surface area contributed by atoms with E-state index >= 15 is 0 Å². The van der Waals surface area contributed by atoms with E-state index in [-0.39, 0.29) is 18.9 Å². The fourth-order valence-electron chi connectivity index (χ4n) is 3.91. The molecule has 1 fully saturated rings. The SMILES string of the molecule is C=CCOC(=O)C1=C(C)N=C2SC=C(CC(=O)N3CCOCC3)N2C1c1ccccc1Cl. The Bertz CT molecular complexity index is 1030. The Morgan fingerprint density at radius 1 is 1.34 bits per heavy atom. The summed E-state index contributed by atoms with van der Waals surface area (Å²) in [6.07, 6.45) is 1.72. The summed E-state index contributed by atoms with van der Waals surface area (Å²) in [6.45, 7) is 7.73. The molecule has 1 amide bonds. The highest BCUT2D eigenvalue weighted by Gasteiger charge is 2.42. The Labute approximate surface area is 196 Å². The van der Waals surface area contributed by atoms with Crippen LogP contribution in [0.15, 0.2) is 64.3 Å². The van der Waals surface area contributed by atoms with Crippen LogP contribution in [-0.2, 0) is 19.1 Å². The molecular weight excluding hydrogens is 450 g/mol. The van der Waals surface area contributed by atoms with Crippen molar-refractivity contribution in [2.24, 2.45) is 4.99 Å². The predicted octanol–water partition coefficient (Wildman–Crippen LogP) is 3.89. The van der Waals surface area contributed by atoms with Crippen molar-refractivity contribution in [1.29, 1.82) is 0 Å². The normalized spacial score (nSPS) is 20.5. The van der Waals surface area contributed by atoms with Crippen LogP contribution in [0.5, 0.6) is 0 Å². The molecule has 0 aromatic heterocycles. The molecule has 9 heteroatoms. The van der Waals surface area contributed by atoms with Gasteiger partial charge in [0.2, 0.25) is 5.91 Å². The first-order chi connectivity index (χ1) is 15.5. The summed E-state index contributed by atoms with van der Waals surface area (Å²) in [7, 11) is 0. The lowest BCUT2D eigenvalue weighted by Crippen LogP contribution is -2.42. The Balaban J connectivity index is 1.70. The monoisotopic (exact) mass is 473 g/mol. The van der Waals surface area contributed by atoms with Gasteiger partial charge in [-0.15, -0.1) is 0 Å². The Kier molecular flexibility index (Phi) is 7.03. The van der Waals surface area contributed by atoms with Gasteiger partial charge in [0.25, 0.3) is 0 Å². The number of carbonyl (C=O) groups is 2. The lowest BCUT2D eigenvalue weighted by molar-refractivity contribution is -0.138. The van der Waals surface area contributed by atoms with Crippen molar-refractivity contribution >= 4 is 40.4 Å². The van der Waals surface area contributed by atoms with Crippen molar-refractivity contribution in [2.45, 2.75) is 19.4 Å². The number of halogens is 1. The summed E-state index contributed by atoms with van der Waals surface area (Å²) < 4.78 is 10.7. The average Bonchev–Trinajstić information content (AvgIpc) is 3.19. The molecule has 1 aromatic rings. The molecule has 0 bridgehead atoms. The van der Waals surface area contributed by atoms with Crippen molar-refractivity contribution in [1.82, 2.24) is 9.80 Å². The molecule has 3 heterocycles. The van der Waals surface area contributed by atoms with Gasteiger partial charge in [-0.1, -0.05) is 54.2 Å². The van der Waals surface area contributed by atoms with E-state index in [4.69, 9.17) is 21.1 Å². The molecule has 3 aliphatic heterocycles. The van der Waals surface area contributed by atoms with Gasteiger partial charge in [0.15, 0.2) is 5.17 Å². The minimum absolute atomic E-state index is 0.0152. The van der Waals surface area contributed by atoms with Gasteiger partial charge in [0.1, 0.15) is 6.61 Å². The Morgan fingerprint density at radius 3 is 2.81 bits per heavy atom. The van der Waals surface area contributed by atoms with Crippen LogP contribution < -0.4 is 0 Å². The quantitative estimate of drug-likeness (QED) is 0.461. The molecule has 0 aliphatic carbocycles. The highest BCUT2D eigenvalue weighted by molar-refractivity contribution is 8.16. The predicted molar refractivity (Wildman–Crippen MR) is 125 cm³/mol. The van der Waals surface area contributed by atoms with Gasteiger partial charge in [-0.3, -0.25) is 4.79 Å². The topological polar surface area (TPSA) is 71.4 Å². The molecule has 32 heavy (non-hydrogen) atoms. The minimum Gasteiger partial charge on any atom is -0.458 e. The lowest BCUT2D eigenvalue weighted by atomic mass is 9.93. The summed E-state index contributed by atoms with van der Waals surface area (Å²) in [5, 5.41) is 3.15. The smallest absolute Gasteiger partial charge is 0.338 e. The second-order valence-corrected chi connectivity index (χ2v) is 8.72. The average molecular weight is 474 g/mol. The zero-order valence-corrected chi connectivity index (χ0v) is 19.3. The number of hydrogen-bond acceptors (Lipinski definition) is 7. The number of thioether (sulfide) groups is 1. The van der Waals surface area contributed by atoms with Gasteiger partial charge in [-0.25, -0.2) is 9.79 Å². The third-order valence-corrected chi connectivity index (χ3v) is 6.68. The van der Waals surface area contributed by atoms with Gasteiger partial charge in [-0.2, -0.15) is 0 Å². The van der Waals surface area contributed by atoms with Crippen molar-refractivity contribution in [3.63, 3.8) is 0 Å². The van der Waals surface area contributed by atoms with E-state index < -0.39 is 12.0 Å². The van der Waals surface area contributed by atoms with E-state index in [2.05, 4.69) is 11.6 Å². The number of ether oxygens (including phenoxy) is 2. The van der Waals surface area contributed by atoms with E-state index in [0.29, 0.717) is 47.8 Å². The van der Waals surface area contributed by atoms with Crippen LogP contribution in [0, 0.1) is 0 Å². The molecular formula is C23H24ClN3O4S. The maximum atomic E-state index is 13.0. The van der Waals surface area contributed by atoms with Gasteiger partial charge in [0, 0.05) is 23.8 Å². The van der Waals surface area contributed by atoms with Crippen molar-refractivity contribution in [2.75, 3.05) is 32.9 Å². The molecule has 0 spiro atoms. The van der Waals surface area contributed by atoms with Gasteiger partial charge in [-0.05, 0) is 24.0 Å². The molecule has 1 unspecified atom stereocenters. The summed E-state index contributed by atoms with van der Waals surface area (Å²) in [6, 6.07) is 6.84. The Morgan fingerprint density at radius 2 is 2.09 bits per heavy atom. The maximum Gasteiger partial charge on any atom is 0.338 e. The summed E-state index contributed by atoms with van der Waals surface area (Å²) in [4.78, 5) is 34.4. The number of morpholine rings is 1. The Hall–Kier alpha value is -2.55. The third kappa shape index (κ3) is 4.48. The number of esters is 1. The largest absolute Gasteiger partial charge is 0.458 e. The highest BCUT2D eigenvalue weighted by Crippen LogP contribution is 2.46.